The van der Waals surface area contributed by atoms with Crippen LogP contribution in [-0.2, 0) is 16.2 Å². The van der Waals surface area contributed by atoms with Crippen LogP contribution in [0.3, 0.4) is 0 Å². The van der Waals surface area contributed by atoms with Crippen LogP contribution in [0.25, 0.3) is 0 Å². The fraction of sp³-hybridized carbons (Fsp3) is 0.278. The van der Waals surface area contributed by atoms with Crippen molar-refractivity contribution in [2.24, 2.45) is 0 Å². The van der Waals surface area contributed by atoms with Crippen molar-refractivity contribution < 1.29 is 30.4 Å². The third-order valence-electron chi connectivity index (χ3n) is 4.54. The van der Waals surface area contributed by atoms with E-state index in [1.165, 1.54) is 6.07 Å². The lowest BCUT2D eigenvalue weighted by Gasteiger charge is -2.35. The predicted molar refractivity (Wildman–Crippen MR) is 93.5 cm³/mol. The number of sulfonamides is 1. The van der Waals surface area contributed by atoms with Gasteiger partial charge >= 0.3 is 6.18 Å². The van der Waals surface area contributed by atoms with Crippen molar-refractivity contribution in [1.82, 2.24) is 4.31 Å². The Kier molecular flexibility index (Phi) is 5.51. The summed E-state index contributed by atoms with van der Waals surface area (Å²) in [5.41, 5.74) is -0.878. The summed E-state index contributed by atoms with van der Waals surface area (Å²) in [6, 6.07) is 6.66. The van der Waals surface area contributed by atoms with Gasteiger partial charge in [0.15, 0.2) is 0 Å². The zero-order valence-corrected chi connectivity index (χ0v) is 15.6. The molecule has 3 rings (SSSR count). The number of benzene rings is 2. The van der Waals surface area contributed by atoms with Crippen molar-refractivity contribution in [3.8, 4) is 6.07 Å². The number of nitriles is 1. The molecule has 0 saturated carbocycles. The molecule has 2 aromatic rings. The number of nitrogens with zero attached hydrogens (tertiary/aromatic N) is 3. The van der Waals surface area contributed by atoms with Gasteiger partial charge in [0.05, 0.1) is 16.8 Å². The van der Waals surface area contributed by atoms with Crippen molar-refractivity contribution in [3.05, 3.63) is 59.2 Å². The Hall–Kier alpha value is -2.71. The van der Waals surface area contributed by atoms with E-state index in [2.05, 4.69) is 0 Å². The average molecular weight is 431 g/mol. The fourth-order valence-corrected chi connectivity index (χ4v) is 4.54. The van der Waals surface area contributed by atoms with Crippen molar-refractivity contribution in [2.75, 3.05) is 31.1 Å². The van der Waals surface area contributed by atoms with Gasteiger partial charge in [-0.15, -0.1) is 0 Å². The lowest BCUT2D eigenvalue weighted by molar-refractivity contribution is -0.137. The molecule has 0 spiro atoms. The summed E-state index contributed by atoms with van der Waals surface area (Å²) in [5, 5.41) is 9.20. The van der Waals surface area contributed by atoms with Crippen LogP contribution in [0.2, 0.25) is 0 Å². The molecule has 1 heterocycles. The summed E-state index contributed by atoms with van der Waals surface area (Å²) in [6.45, 7) is 0.0141. The Labute approximate surface area is 163 Å². The molecule has 5 nitrogen and oxygen atoms in total. The minimum atomic E-state index is -4.59. The van der Waals surface area contributed by atoms with Gasteiger partial charge in [0, 0.05) is 32.2 Å². The number of hydrogen-bond donors (Lipinski definition) is 0. The molecule has 0 amide bonds. The maximum absolute atomic E-state index is 13.9. The van der Waals surface area contributed by atoms with Crippen molar-refractivity contribution in [1.29, 1.82) is 5.26 Å². The topological polar surface area (TPSA) is 64.4 Å². The summed E-state index contributed by atoms with van der Waals surface area (Å²) in [4.78, 5) is 0.936. The quantitative estimate of drug-likeness (QED) is 0.700. The molecule has 0 N–H and O–H groups in total. The van der Waals surface area contributed by atoms with E-state index in [1.54, 1.807) is 11.0 Å². The smallest absolute Gasteiger partial charge is 0.368 e. The van der Waals surface area contributed by atoms with Crippen molar-refractivity contribution >= 4 is 15.7 Å². The van der Waals surface area contributed by atoms with Crippen LogP contribution in [0.4, 0.5) is 27.6 Å². The normalized spacial score (nSPS) is 15.9. The van der Waals surface area contributed by atoms with Crippen LogP contribution in [0.5, 0.6) is 0 Å². The van der Waals surface area contributed by atoms with Crippen LogP contribution >= 0.6 is 0 Å². The fourth-order valence-electron chi connectivity index (χ4n) is 3.07. The van der Waals surface area contributed by atoms with E-state index in [1.807, 2.05) is 0 Å². The van der Waals surface area contributed by atoms with Gasteiger partial charge in [0.1, 0.15) is 22.6 Å². The van der Waals surface area contributed by atoms with Gasteiger partial charge in [0.25, 0.3) is 0 Å². The summed E-state index contributed by atoms with van der Waals surface area (Å²) < 4.78 is 91.6. The van der Waals surface area contributed by atoms with Gasteiger partial charge < -0.3 is 4.90 Å². The first-order valence-corrected chi connectivity index (χ1v) is 9.79. The zero-order chi connectivity index (χ0) is 21.4. The largest absolute Gasteiger partial charge is 0.416 e. The van der Waals surface area contributed by atoms with E-state index in [0.29, 0.717) is 6.07 Å². The lowest BCUT2D eigenvalue weighted by atomic mass is 10.1. The highest BCUT2D eigenvalue weighted by atomic mass is 32.2. The van der Waals surface area contributed by atoms with Crippen LogP contribution in [0.1, 0.15) is 11.1 Å². The SMILES string of the molecule is N#Cc1cc(C(F)(F)F)ccc1N1CCN(S(=O)(=O)c2ccc(F)cc2F)CC1. The monoisotopic (exact) mass is 431 g/mol. The second kappa shape index (κ2) is 7.61. The molecule has 1 fully saturated rings. The highest BCUT2D eigenvalue weighted by molar-refractivity contribution is 7.89. The molecule has 2 aromatic carbocycles. The second-order valence-electron chi connectivity index (χ2n) is 6.31. The molecule has 0 atom stereocenters. The molecular formula is C18H14F5N3O2S. The van der Waals surface area contributed by atoms with Crippen LogP contribution < -0.4 is 4.90 Å². The van der Waals surface area contributed by atoms with Gasteiger partial charge in [-0.25, -0.2) is 17.2 Å². The highest BCUT2D eigenvalue weighted by Gasteiger charge is 2.33. The Balaban J connectivity index is 1.80. The Morgan fingerprint density at radius 2 is 1.62 bits per heavy atom. The molecule has 0 unspecified atom stereocenters. The molecule has 1 aliphatic heterocycles. The lowest BCUT2D eigenvalue weighted by Crippen LogP contribution is -2.49. The third kappa shape index (κ3) is 4.18. The van der Waals surface area contributed by atoms with E-state index in [0.717, 1.165) is 28.6 Å². The van der Waals surface area contributed by atoms with E-state index >= 15 is 0 Å². The van der Waals surface area contributed by atoms with Gasteiger partial charge in [-0.1, -0.05) is 0 Å². The van der Waals surface area contributed by atoms with Crippen LogP contribution in [0, 0.1) is 23.0 Å². The number of hydrogen-bond acceptors (Lipinski definition) is 4. The Bertz CT molecular complexity index is 1070. The van der Waals surface area contributed by atoms with Crippen molar-refractivity contribution in [3.63, 3.8) is 0 Å². The van der Waals surface area contributed by atoms with E-state index < -0.39 is 38.3 Å². The van der Waals surface area contributed by atoms with Gasteiger partial charge in [0.2, 0.25) is 10.0 Å². The number of anilines is 1. The first-order chi connectivity index (χ1) is 13.5. The molecule has 154 valence electrons. The van der Waals surface area contributed by atoms with E-state index in [-0.39, 0.29) is 37.4 Å². The third-order valence-corrected chi connectivity index (χ3v) is 6.47. The number of halogens is 5. The number of rotatable bonds is 3. The summed E-state index contributed by atoms with van der Waals surface area (Å²) in [6.07, 6.45) is -4.59. The Morgan fingerprint density at radius 3 is 2.17 bits per heavy atom. The molecule has 0 radical (unpaired) electrons. The first-order valence-electron chi connectivity index (χ1n) is 8.35. The maximum atomic E-state index is 13.9. The van der Waals surface area contributed by atoms with Crippen LogP contribution in [-0.4, -0.2) is 38.9 Å². The first kappa shape index (κ1) is 21.0. The average Bonchev–Trinajstić information content (AvgIpc) is 2.66. The van der Waals surface area contributed by atoms with Crippen molar-refractivity contribution in [2.45, 2.75) is 11.1 Å². The predicted octanol–water partition coefficient (Wildman–Crippen LogP) is 3.37. The molecule has 0 bridgehead atoms. The number of alkyl halides is 3. The highest BCUT2D eigenvalue weighted by Crippen LogP contribution is 2.33. The summed E-state index contributed by atoms with van der Waals surface area (Å²) in [5.74, 6) is -2.11. The van der Waals surface area contributed by atoms with E-state index in [9.17, 15) is 35.6 Å². The maximum Gasteiger partial charge on any atom is 0.416 e. The molecule has 0 aliphatic carbocycles. The molecule has 11 heteroatoms. The second-order valence-corrected chi connectivity index (χ2v) is 8.21. The molecule has 29 heavy (non-hydrogen) atoms. The van der Waals surface area contributed by atoms with Gasteiger partial charge in [-0.3, -0.25) is 0 Å². The van der Waals surface area contributed by atoms with Crippen LogP contribution in [0.15, 0.2) is 41.3 Å². The number of piperazine rings is 1. The van der Waals surface area contributed by atoms with E-state index in [4.69, 9.17) is 0 Å². The van der Waals surface area contributed by atoms with Gasteiger partial charge in [-0.2, -0.15) is 22.7 Å². The molecule has 0 aromatic heterocycles. The molecular weight excluding hydrogens is 417 g/mol. The molecule has 1 aliphatic rings. The van der Waals surface area contributed by atoms with Gasteiger partial charge in [-0.05, 0) is 30.3 Å². The standard InChI is InChI=1S/C18H14F5N3O2S/c19-14-2-4-17(15(20)10-14)29(27,28)26-7-5-25(6-8-26)16-3-1-13(18(21,22)23)9-12(16)11-24/h1-4,9-10H,5-8H2. The summed E-state index contributed by atoms with van der Waals surface area (Å²) in [7, 11) is -4.21. The summed E-state index contributed by atoms with van der Waals surface area (Å²) >= 11 is 0. The Morgan fingerprint density at radius 1 is 0.966 bits per heavy atom. The zero-order valence-electron chi connectivity index (χ0n) is 14.7. The minimum Gasteiger partial charge on any atom is -0.368 e. The minimum absolute atomic E-state index is 0.0783. The molecule has 1 saturated heterocycles.